The number of aliphatic hydroxyl groups is 1. The predicted molar refractivity (Wildman–Crippen MR) is 88.0 cm³/mol. The Labute approximate surface area is 143 Å². The van der Waals surface area contributed by atoms with Gasteiger partial charge in [-0.2, -0.15) is 13.2 Å². The highest BCUT2D eigenvalue weighted by Gasteiger charge is 2.30. The molecule has 0 heterocycles. The molecule has 7 heteroatoms. The quantitative estimate of drug-likeness (QED) is 0.747. The Hall–Kier alpha value is -2.54. The van der Waals surface area contributed by atoms with Crippen molar-refractivity contribution in [3.63, 3.8) is 0 Å². The average Bonchev–Trinajstić information content (AvgIpc) is 2.60. The van der Waals surface area contributed by atoms with Gasteiger partial charge >= 0.3 is 12.2 Å². The summed E-state index contributed by atoms with van der Waals surface area (Å²) in [4.78, 5) is 11.7. The SMILES string of the molecule is O=C(NCCc1ccccc1)NCC(O)c1ccc(C(F)(F)F)cc1. The maximum atomic E-state index is 12.5. The molecule has 2 rings (SSSR count). The van der Waals surface area contributed by atoms with E-state index >= 15 is 0 Å². The number of benzene rings is 2. The van der Waals surface area contributed by atoms with Gasteiger partial charge in [0, 0.05) is 13.1 Å². The maximum absolute atomic E-state index is 12.5. The summed E-state index contributed by atoms with van der Waals surface area (Å²) in [6.45, 7) is 0.342. The third-order valence-corrected chi connectivity index (χ3v) is 3.62. The predicted octanol–water partition coefficient (Wildman–Crippen LogP) is 3.28. The van der Waals surface area contributed by atoms with Crippen LogP contribution in [0.25, 0.3) is 0 Å². The Balaban J connectivity index is 1.73. The van der Waals surface area contributed by atoms with E-state index in [9.17, 15) is 23.1 Å². The van der Waals surface area contributed by atoms with Crippen LogP contribution in [0.3, 0.4) is 0 Å². The second-order valence-electron chi connectivity index (χ2n) is 5.51. The smallest absolute Gasteiger partial charge is 0.387 e. The number of alkyl halides is 3. The number of carbonyl (C=O) groups is 1. The summed E-state index contributed by atoms with van der Waals surface area (Å²) >= 11 is 0. The monoisotopic (exact) mass is 352 g/mol. The van der Waals surface area contributed by atoms with Crippen molar-refractivity contribution < 1.29 is 23.1 Å². The van der Waals surface area contributed by atoms with E-state index in [2.05, 4.69) is 10.6 Å². The summed E-state index contributed by atoms with van der Waals surface area (Å²) < 4.78 is 37.5. The van der Waals surface area contributed by atoms with Gasteiger partial charge < -0.3 is 15.7 Å². The Morgan fingerprint density at radius 1 is 1.00 bits per heavy atom. The minimum atomic E-state index is -4.42. The lowest BCUT2D eigenvalue weighted by atomic mass is 10.1. The molecule has 0 aliphatic carbocycles. The molecular formula is C18H19F3N2O2. The molecule has 1 atom stereocenters. The van der Waals surface area contributed by atoms with Crippen LogP contribution in [0, 0.1) is 0 Å². The van der Waals surface area contributed by atoms with Gasteiger partial charge in [-0.3, -0.25) is 0 Å². The Kier molecular flexibility index (Phi) is 6.41. The summed E-state index contributed by atoms with van der Waals surface area (Å²) in [5, 5.41) is 15.1. The van der Waals surface area contributed by atoms with Crippen LogP contribution in [-0.2, 0) is 12.6 Å². The summed E-state index contributed by atoms with van der Waals surface area (Å²) in [6.07, 6.45) is -4.82. The third kappa shape index (κ3) is 6.11. The number of halogens is 3. The van der Waals surface area contributed by atoms with Crippen LogP contribution < -0.4 is 10.6 Å². The van der Waals surface area contributed by atoms with E-state index in [1.807, 2.05) is 30.3 Å². The van der Waals surface area contributed by atoms with Crippen molar-refractivity contribution in [3.8, 4) is 0 Å². The number of hydrogen-bond donors (Lipinski definition) is 3. The zero-order valence-electron chi connectivity index (χ0n) is 13.4. The highest BCUT2D eigenvalue weighted by atomic mass is 19.4. The minimum absolute atomic E-state index is 0.0947. The lowest BCUT2D eigenvalue weighted by Gasteiger charge is -2.14. The van der Waals surface area contributed by atoms with Crippen molar-refractivity contribution in [2.45, 2.75) is 18.7 Å². The van der Waals surface area contributed by atoms with E-state index < -0.39 is 23.9 Å². The number of urea groups is 1. The molecule has 134 valence electrons. The van der Waals surface area contributed by atoms with Crippen molar-refractivity contribution in [2.75, 3.05) is 13.1 Å². The topological polar surface area (TPSA) is 61.4 Å². The molecular weight excluding hydrogens is 333 g/mol. The van der Waals surface area contributed by atoms with Gasteiger partial charge in [-0.25, -0.2) is 4.79 Å². The zero-order chi connectivity index (χ0) is 18.3. The van der Waals surface area contributed by atoms with E-state index in [0.29, 0.717) is 18.5 Å². The van der Waals surface area contributed by atoms with Crippen LogP contribution in [0.1, 0.15) is 22.8 Å². The molecule has 0 radical (unpaired) electrons. The number of aliphatic hydroxyl groups excluding tert-OH is 1. The summed E-state index contributed by atoms with van der Waals surface area (Å²) in [5.41, 5.74) is 0.611. The van der Waals surface area contributed by atoms with Crippen LogP contribution >= 0.6 is 0 Å². The number of amides is 2. The first-order valence-corrected chi connectivity index (χ1v) is 7.77. The van der Waals surface area contributed by atoms with Gasteiger partial charge in [0.2, 0.25) is 0 Å². The van der Waals surface area contributed by atoms with Gasteiger partial charge in [0.1, 0.15) is 0 Å². The number of carbonyl (C=O) groups excluding carboxylic acids is 1. The molecule has 0 saturated carbocycles. The largest absolute Gasteiger partial charge is 0.416 e. The Morgan fingerprint density at radius 2 is 1.64 bits per heavy atom. The van der Waals surface area contributed by atoms with E-state index in [0.717, 1.165) is 17.7 Å². The van der Waals surface area contributed by atoms with Crippen LogP contribution in [0.5, 0.6) is 0 Å². The minimum Gasteiger partial charge on any atom is -0.387 e. The summed E-state index contributed by atoms with van der Waals surface area (Å²) in [7, 11) is 0. The van der Waals surface area contributed by atoms with Gasteiger partial charge in [-0.15, -0.1) is 0 Å². The fourth-order valence-corrected chi connectivity index (χ4v) is 2.23. The van der Waals surface area contributed by atoms with Gasteiger partial charge in [0.05, 0.1) is 11.7 Å². The molecule has 0 bridgehead atoms. The zero-order valence-corrected chi connectivity index (χ0v) is 13.4. The van der Waals surface area contributed by atoms with Gasteiger partial charge in [-0.1, -0.05) is 42.5 Å². The first-order valence-electron chi connectivity index (χ1n) is 7.77. The summed E-state index contributed by atoms with van der Waals surface area (Å²) in [6, 6.07) is 13.4. The molecule has 0 saturated heterocycles. The van der Waals surface area contributed by atoms with Crippen LogP contribution in [0.15, 0.2) is 54.6 Å². The van der Waals surface area contributed by atoms with E-state index in [1.165, 1.54) is 12.1 Å². The van der Waals surface area contributed by atoms with Gasteiger partial charge in [0.25, 0.3) is 0 Å². The van der Waals surface area contributed by atoms with Crippen molar-refractivity contribution in [2.24, 2.45) is 0 Å². The molecule has 0 aromatic heterocycles. The lowest BCUT2D eigenvalue weighted by Crippen LogP contribution is -2.38. The van der Waals surface area contributed by atoms with E-state index in [-0.39, 0.29) is 6.54 Å². The molecule has 1 unspecified atom stereocenters. The summed E-state index contributed by atoms with van der Waals surface area (Å²) in [5.74, 6) is 0. The normalized spacial score (nSPS) is 12.5. The molecule has 2 aromatic carbocycles. The fraction of sp³-hybridized carbons (Fsp3) is 0.278. The van der Waals surface area contributed by atoms with E-state index in [1.54, 1.807) is 0 Å². The highest BCUT2D eigenvalue weighted by Crippen LogP contribution is 2.29. The number of hydrogen-bond acceptors (Lipinski definition) is 2. The van der Waals surface area contributed by atoms with Crippen LogP contribution in [0.2, 0.25) is 0 Å². The fourth-order valence-electron chi connectivity index (χ4n) is 2.23. The van der Waals surface area contributed by atoms with Crippen molar-refractivity contribution >= 4 is 6.03 Å². The molecule has 0 spiro atoms. The molecule has 2 aromatic rings. The van der Waals surface area contributed by atoms with E-state index in [4.69, 9.17) is 0 Å². The number of rotatable bonds is 6. The average molecular weight is 352 g/mol. The second kappa shape index (κ2) is 8.53. The van der Waals surface area contributed by atoms with Crippen molar-refractivity contribution in [3.05, 3.63) is 71.3 Å². The molecule has 0 aliphatic heterocycles. The first-order chi connectivity index (χ1) is 11.9. The second-order valence-corrected chi connectivity index (χ2v) is 5.51. The molecule has 4 nitrogen and oxygen atoms in total. The first kappa shape index (κ1) is 18.8. The van der Waals surface area contributed by atoms with Gasteiger partial charge in [0.15, 0.2) is 0 Å². The Morgan fingerprint density at radius 3 is 2.24 bits per heavy atom. The van der Waals surface area contributed by atoms with Crippen LogP contribution in [-0.4, -0.2) is 24.2 Å². The highest BCUT2D eigenvalue weighted by molar-refractivity contribution is 5.73. The molecule has 3 N–H and O–H groups in total. The maximum Gasteiger partial charge on any atom is 0.416 e. The molecule has 2 amide bonds. The van der Waals surface area contributed by atoms with Crippen LogP contribution in [0.4, 0.5) is 18.0 Å². The lowest BCUT2D eigenvalue weighted by molar-refractivity contribution is -0.137. The third-order valence-electron chi connectivity index (χ3n) is 3.62. The molecule has 0 fully saturated rings. The molecule has 25 heavy (non-hydrogen) atoms. The number of nitrogens with one attached hydrogen (secondary N) is 2. The van der Waals surface area contributed by atoms with Crippen molar-refractivity contribution in [1.82, 2.24) is 10.6 Å². The molecule has 0 aliphatic rings. The van der Waals surface area contributed by atoms with Crippen molar-refractivity contribution in [1.29, 1.82) is 0 Å². The van der Waals surface area contributed by atoms with Gasteiger partial charge in [-0.05, 0) is 29.7 Å². The Bertz CT molecular complexity index is 673. The standard InChI is InChI=1S/C18H19F3N2O2/c19-18(20,21)15-8-6-14(7-9-15)16(24)12-23-17(25)22-11-10-13-4-2-1-3-5-13/h1-9,16,24H,10-12H2,(H2,22,23,25).